The van der Waals surface area contributed by atoms with E-state index in [1.54, 1.807) is 13.3 Å². The number of likely N-dealkylation sites (tertiary alicyclic amines) is 1. The van der Waals surface area contributed by atoms with E-state index in [1.165, 1.54) is 0 Å². The Hall–Kier alpha value is -1.91. The van der Waals surface area contributed by atoms with Crippen LogP contribution in [0.3, 0.4) is 0 Å². The number of aliphatic hydroxyl groups is 1. The number of likely N-dealkylation sites (N-methyl/N-ethyl adjacent to an activating group) is 1. The fourth-order valence-corrected chi connectivity index (χ4v) is 4.13. The fraction of sp³-hybridized carbons (Fsp3) is 0.476. The van der Waals surface area contributed by atoms with E-state index < -0.39 is 6.10 Å². The van der Waals surface area contributed by atoms with Gasteiger partial charge in [-0.1, -0.05) is 19.4 Å². The van der Waals surface area contributed by atoms with Crippen LogP contribution < -0.4 is 4.74 Å². The molecule has 1 aromatic heterocycles. The maximum absolute atomic E-state index is 11.2. The van der Waals surface area contributed by atoms with Gasteiger partial charge in [0.2, 0.25) is 0 Å². The topological polar surface area (TPSA) is 45.6 Å². The van der Waals surface area contributed by atoms with Crippen LogP contribution in [0.4, 0.5) is 0 Å². The number of hydrogen-bond donors (Lipinski definition) is 1. The predicted octanol–water partition coefficient (Wildman–Crippen LogP) is 3.81. The number of methoxy groups -OCH3 is 1. The molecule has 4 atom stereocenters. The molecule has 4 heteroatoms. The number of aromatic nitrogens is 1. The molecule has 2 aromatic rings. The number of fused-ring (bicyclic) bond motifs is 1. The standard InChI is InChI=1S/C21H28N2O2/c1-5-14-11-20(23(3)13-15(14)6-2)21(24)17-9-10-22-19-8-7-16(25-4)12-18(17)19/h6-10,12,14-15,20-21,24H,2,5,11,13H2,1,3-4H3/t14-,15-,20+,21+/m0/s1. The monoisotopic (exact) mass is 340 g/mol. The Morgan fingerprint density at radius 2 is 2.24 bits per heavy atom. The molecule has 0 amide bonds. The van der Waals surface area contributed by atoms with E-state index in [4.69, 9.17) is 4.74 Å². The molecule has 1 aliphatic heterocycles. The maximum atomic E-state index is 11.2. The van der Waals surface area contributed by atoms with E-state index in [2.05, 4.69) is 36.5 Å². The van der Waals surface area contributed by atoms with Crippen LogP contribution in [0, 0.1) is 11.8 Å². The molecule has 1 fully saturated rings. The highest BCUT2D eigenvalue weighted by atomic mass is 16.5. The van der Waals surface area contributed by atoms with Gasteiger partial charge in [-0.3, -0.25) is 9.88 Å². The van der Waals surface area contributed by atoms with Crippen LogP contribution in [0.25, 0.3) is 10.9 Å². The number of rotatable bonds is 5. The fourth-order valence-electron chi connectivity index (χ4n) is 4.13. The van der Waals surface area contributed by atoms with Gasteiger partial charge in [-0.2, -0.15) is 0 Å². The van der Waals surface area contributed by atoms with Crippen LogP contribution in [0.2, 0.25) is 0 Å². The van der Waals surface area contributed by atoms with Crippen LogP contribution in [0.1, 0.15) is 31.4 Å². The summed E-state index contributed by atoms with van der Waals surface area (Å²) in [6.07, 6.45) is 5.37. The van der Waals surface area contributed by atoms with Gasteiger partial charge >= 0.3 is 0 Å². The van der Waals surface area contributed by atoms with Crippen LogP contribution in [-0.4, -0.2) is 41.7 Å². The first-order chi connectivity index (χ1) is 12.1. The lowest BCUT2D eigenvalue weighted by atomic mass is 9.78. The summed E-state index contributed by atoms with van der Waals surface area (Å²) in [6, 6.07) is 7.84. The molecule has 0 radical (unpaired) electrons. The molecular weight excluding hydrogens is 312 g/mol. The van der Waals surface area contributed by atoms with Crippen molar-refractivity contribution in [3.8, 4) is 5.75 Å². The minimum atomic E-state index is -0.553. The number of ether oxygens (including phenoxy) is 1. The molecule has 0 bridgehead atoms. The summed E-state index contributed by atoms with van der Waals surface area (Å²) < 4.78 is 5.36. The quantitative estimate of drug-likeness (QED) is 0.841. The zero-order valence-electron chi connectivity index (χ0n) is 15.4. The summed E-state index contributed by atoms with van der Waals surface area (Å²) in [5, 5.41) is 12.2. The zero-order chi connectivity index (χ0) is 18.0. The smallest absolute Gasteiger partial charge is 0.119 e. The Kier molecular flexibility index (Phi) is 5.40. The van der Waals surface area contributed by atoms with E-state index >= 15 is 0 Å². The van der Waals surface area contributed by atoms with Crippen LogP contribution in [0.15, 0.2) is 43.1 Å². The molecule has 0 aliphatic carbocycles. The van der Waals surface area contributed by atoms with Crippen molar-refractivity contribution in [2.45, 2.75) is 31.9 Å². The average molecular weight is 340 g/mol. The molecule has 134 valence electrons. The summed E-state index contributed by atoms with van der Waals surface area (Å²) in [5.74, 6) is 1.84. The third-order valence-corrected chi connectivity index (χ3v) is 5.71. The van der Waals surface area contributed by atoms with Crippen molar-refractivity contribution in [3.05, 3.63) is 48.7 Å². The van der Waals surface area contributed by atoms with Crippen molar-refractivity contribution in [1.29, 1.82) is 0 Å². The molecule has 25 heavy (non-hydrogen) atoms. The molecule has 0 unspecified atom stereocenters. The summed E-state index contributed by atoms with van der Waals surface area (Å²) in [4.78, 5) is 6.70. The summed E-state index contributed by atoms with van der Waals surface area (Å²) in [5.41, 5.74) is 1.81. The summed E-state index contributed by atoms with van der Waals surface area (Å²) in [7, 11) is 3.75. The number of benzene rings is 1. The second-order valence-corrected chi connectivity index (χ2v) is 7.04. The highest BCUT2D eigenvalue weighted by Gasteiger charge is 2.36. The second-order valence-electron chi connectivity index (χ2n) is 7.04. The van der Waals surface area contributed by atoms with Gasteiger partial charge in [-0.05, 0) is 55.1 Å². The Morgan fingerprint density at radius 3 is 2.92 bits per heavy atom. The van der Waals surface area contributed by atoms with Crippen LogP contribution >= 0.6 is 0 Å². The van der Waals surface area contributed by atoms with Crippen molar-refractivity contribution in [2.75, 3.05) is 20.7 Å². The van der Waals surface area contributed by atoms with Gasteiger partial charge in [-0.25, -0.2) is 0 Å². The molecule has 3 rings (SSSR count). The van der Waals surface area contributed by atoms with Crippen molar-refractivity contribution >= 4 is 10.9 Å². The Morgan fingerprint density at radius 1 is 1.44 bits per heavy atom. The number of hydrogen-bond acceptors (Lipinski definition) is 4. The first kappa shape index (κ1) is 17.9. The molecule has 1 aliphatic rings. The lowest BCUT2D eigenvalue weighted by molar-refractivity contribution is 0.00748. The van der Waals surface area contributed by atoms with Crippen molar-refractivity contribution in [1.82, 2.24) is 9.88 Å². The Labute approximate surface area is 150 Å². The van der Waals surface area contributed by atoms with Crippen LogP contribution in [0.5, 0.6) is 5.75 Å². The van der Waals surface area contributed by atoms with Crippen LogP contribution in [-0.2, 0) is 0 Å². The Balaban J connectivity index is 1.96. The van der Waals surface area contributed by atoms with Gasteiger partial charge in [0.1, 0.15) is 5.75 Å². The first-order valence-corrected chi connectivity index (χ1v) is 9.02. The number of pyridine rings is 1. The molecule has 1 saturated heterocycles. The number of nitrogens with zero attached hydrogens (tertiary/aromatic N) is 2. The largest absolute Gasteiger partial charge is 0.497 e. The van der Waals surface area contributed by atoms with Gasteiger partial charge in [-0.15, -0.1) is 6.58 Å². The molecule has 2 heterocycles. The minimum absolute atomic E-state index is 0.0953. The predicted molar refractivity (Wildman–Crippen MR) is 102 cm³/mol. The van der Waals surface area contributed by atoms with Crippen molar-refractivity contribution in [3.63, 3.8) is 0 Å². The maximum Gasteiger partial charge on any atom is 0.119 e. The molecule has 0 spiro atoms. The normalized spacial score (nSPS) is 25.7. The van der Waals surface area contributed by atoms with E-state index in [1.807, 2.05) is 24.3 Å². The van der Waals surface area contributed by atoms with Gasteiger partial charge in [0.25, 0.3) is 0 Å². The van der Waals surface area contributed by atoms with Crippen molar-refractivity contribution < 1.29 is 9.84 Å². The van der Waals surface area contributed by atoms with Crippen molar-refractivity contribution in [2.24, 2.45) is 11.8 Å². The van der Waals surface area contributed by atoms with E-state index in [0.29, 0.717) is 11.8 Å². The zero-order valence-corrected chi connectivity index (χ0v) is 15.4. The molecule has 0 saturated carbocycles. The average Bonchev–Trinajstić information content (AvgIpc) is 2.66. The molecule has 1 aromatic carbocycles. The lowest BCUT2D eigenvalue weighted by Gasteiger charge is -2.43. The third kappa shape index (κ3) is 3.42. The van der Waals surface area contributed by atoms with Gasteiger partial charge < -0.3 is 9.84 Å². The highest BCUT2D eigenvalue weighted by Crippen LogP contribution is 2.37. The van der Waals surface area contributed by atoms with E-state index in [-0.39, 0.29) is 6.04 Å². The minimum Gasteiger partial charge on any atom is -0.497 e. The number of piperidine rings is 1. The van der Waals surface area contributed by atoms with Gasteiger partial charge in [0.05, 0.1) is 18.7 Å². The summed E-state index contributed by atoms with van der Waals surface area (Å²) in [6.45, 7) is 7.16. The van der Waals surface area contributed by atoms with E-state index in [0.717, 1.165) is 41.6 Å². The first-order valence-electron chi connectivity index (χ1n) is 9.02. The SMILES string of the molecule is C=C[C@H]1CN(C)[C@@H]([C@H](O)c2ccnc3ccc(OC)cc23)C[C@@H]1CC. The summed E-state index contributed by atoms with van der Waals surface area (Å²) >= 11 is 0. The molecule has 1 N–H and O–H groups in total. The molecule has 4 nitrogen and oxygen atoms in total. The van der Waals surface area contributed by atoms with Gasteiger partial charge in [0.15, 0.2) is 0 Å². The number of aliphatic hydroxyl groups excluding tert-OH is 1. The third-order valence-electron chi connectivity index (χ3n) is 5.71. The second kappa shape index (κ2) is 7.54. The lowest BCUT2D eigenvalue weighted by Crippen LogP contribution is -2.47. The molecular formula is C21H28N2O2. The van der Waals surface area contributed by atoms with Gasteiger partial charge in [0, 0.05) is 24.2 Å². The van der Waals surface area contributed by atoms with E-state index in [9.17, 15) is 5.11 Å². The highest BCUT2D eigenvalue weighted by molar-refractivity contribution is 5.83. The Bertz CT molecular complexity index is 746.